The van der Waals surface area contributed by atoms with E-state index in [1.807, 2.05) is 24.3 Å². The summed E-state index contributed by atoms with van der Waals surface area (Å²) in [4.78, 5) is 6.76. The van der Waals surface area contributed by atoms with E-state index in [-0.39, 0.29) is 0 Å². The van der Waals surface area contributed by atoms with Gasteiger partial charge in [0.25, 0.3) is 0 Å². The highest BCUT2D eigenvalue weighted by atomic mass is 16.5. The topological polar surface area (TPSA) is 60.1 Å². The van der Waals surface area contributed by atoms with Crippen molar-refractivity contribution >= 4 is 5.96 Å². The van der Waals surface area contributed by atoms with Crippen molar-refractivity contribution in [3.8, 4) is 11.5 Å². The van der Waals surface area contributed by atoms with Crippen LogP contribution in [0.2, 0.25) is 0 Å². The summed E-state index contributed by atoms with van der Waals surface area (Å²) in [6.45, 7) is 5.45. The van der Waals surface area contributed by atoms with Crippen LogP contribution in [0.4, 0.5) is 0 Å². The van der Waals surface area contributed by atoms with Crippen molar-refractivity contribution in [3.05, 3.63) is 24.3 Å². The number of benzene rings is 1. The van der Waals surface area contributed by atoms with Crippen LogP contribution >= 0.6 is 0 Å². The zero-order chi connectivity index (χ0) is 16.5. The van der Waals surface area contributed by atoms with E-state index in [1.54, 1.807) is 7.11 Å². The Morgan fingerprint density at radius 3 is 2.48 bits per heavy atom. The lowest BCUT2D eigenvalue weighted by molar-refractivity contribution is 0.251. The van der Waals surface area contributed by atoms with Gasteiger partial charge in [0.1, 0.15) is 0 Å². The Bertz CT molecular complexity index is 497. The molecule has 0 aromatic heterocycles. The van der Waals surface area contributed by atoms with Gasteiger partial charge in [0.15, 0.2) is 17.5 Å². The maximum atomic E-state index is 6.13. The smallest absolute Gasteiger partial charge is 0.191 e. The SMILES string of the molecule is COc1ccccc1OCC(C)CN=C(N)N1CCCCCC1. The first-order valence-electron chi connectivity index (χ1n) is 8.51. The molecular weight excluding hydrogens is 290 g/mol. The van der Waals surface area contributed by atoms with Gasteiger partial charge in [0.2, 0.25) is 0 Å². The molecule has 23 heavy (non-hydrogen) atoms. The van der Waals surface area contributed by atoms with Gasteiger partial charge in [-0.2, -0.15) is 0 Å². The van der Waals surface area contributed by atoms with Gasteiger partial charge in [-0.3, -0.25) is 4.99 Å². The Morgan fingerprint density at radius 2 is 1.83 bits per heavy atom. The van der Waals surface area contributed by atoms with Crippen LogP contribution < -0.4 is 15.2 Å². The zero-order valence-electron chi connectivity index (χ0n) is 14.3. The quantitative estimate of drug-likeness (QED) is 0.647. The number of likely N-dealkylation sites (tertiary alicyclic amines) is 1. The molecule has 1 aromatic rings. The van der Waals surface area contributed by atoms with Gasteiger partial charge in [0.05, 0.1) is 13.7 Å². The normalized spacial score (nSPS) is 17.5. The largest absolute Gasteiger partial charge is 0.493 e. The lowest BCUT2D eigenvalue weighted by atomic mass is 10.2. The summed E-state index contributed by atoms with van der Waals surface area (Å²) in [5, 5.41) is 0. The number of nitrogens with two attached hydrogens (primary N) is 1. The van der Waals surface area contributed by atoms with Gasteiger partial charge in [-0.15, -0.1) is 0 Å². The third kappa shape index (κ3) is 5.66. The Kier molecular flexibility index (Phi) is 7.04. The molecule has 1 aliphatic rings. The van der Waals surface area contributed by atoms with E-state index in [4.69, 9.17) is 15.2 Å². The fourth-order valence-electron chi connectivity index (χ4n) is 2.67. The summed E-state index contributed by atoms with van der Waals surface area (Å²) in [7, 11) is 1.65. The first-order chi connectivity index (χ1) is 11.2. The van der Waals surface area contributed by atoms with Crippen molar-refractivity contribution in [2.45, 2.75) is 32.6 Å². The lowest BCUT2D eigenvalue weighted by Crippen LogP contribution is -2.38. The number of hydrogen-bond donors (Lipinski definition) is 1. The number of methoxy groups -OCH3 is 1. The number of guanidine groups is 1. The Hall–Kier alpha value is -1.91. The van der Waals surface area contributed by atoms with E-state index in [0.29, 0.717) is 25.0 Å². The fraction of sp³-hybridized carbons (Fsp3) is 0.611. The van der Waals surface area contributed by atoms with Gasteiger partial charge < -0.3 is 20.1 Å². The van der Waals surface area contributed by atoms with E-state index < -0.39 is 0 Å². The third-order valence-electron chi connectivity index (χ3n) is 4.09. The van der Waals surface area contributed by atoms with Crippen molar-refractivity contribution in [2.75, 3.05) is 33.4 Å². The number of hydrogen-bond acceptors (Lipinski definition) is 3. The van der Waals surface area contributed by atoms with Gasteiger partial charge in [0, 0.05) is 25.6 Å². The van der Waals surface area contributed by atoms with Crippen molar-refractivity contribution in [1.29, 1.82) is 0 Å². The van der Waals surface area contributed by atoms with Crippen LogP contribution in [0.3, 0.4) is 0 Å². The minimum atomic E-state index is 0.297. The molecule has 2 rings (SSSR count). The predicted molar refractivity (Wildman–Crippen MR) is 94.2 cm³/mol. The van der Waals surface area contributed by atoms with E-state index >= 15 is 0 Å². The summed E-state index contributed by atoms with van der Waals surface area (Å²) in [6.07, 6.45) is 5.02. The highest BCUT2D eigenvalue weighted by Crippen LogP contribution is 2.26. The standard InChI is InChI=1S/C18H29N3O2/c1-15(14-23-17-10-6-5-9-16(17)22-2)13-20-18(19)21-11-7-3-4-8-12-21/h5-6,9-10,15H,3-4,7-8,11-14H2,1-2H3,(H2,19,20). The number of nitrogens with zero attached hydrogens (tertiary/aromatic N) is 2. The number of ether oxygens (including phenoxy) is 2. The van der Waals surface area contributed by atoms with Crippen LogP contribution in [0.5, 0.6) is 11.5 Å². The van der Waals surface area contributed by atoms with E-state index in [9.17, 15) is 0 Å². The van der Waals surface area contributed by atoms with Crippen molar-refractivity contribution in [2.24, 2.45) is 16.6 Å². The molecule has 128 valence electrons. The van der Waals surface area contributed by atoms with Crippen LogP contribution in [-0.4, -0.2) is 44.2 Å². The maximum Gasteiger partial charge on any atom is 0.191 e. The number of aliphatic imine (C=N–C) groups is 1. The molecule has 0 spiro atoms. The molecule has 0 amide bonds. The van der Waals surface area contributed by atoms with Crippen LogP contribution in [0.15, 0.2) is 29.3 Å². The molecule has 1 atom stereocenters. The average molecular weight is 319 g/mol. The molecule has 0 radical (unpaired) electrons. The molecule has 0 bridgehead atoms. The second-order valence-corrected chi connectivity index (χ2v) is 6.17. The molecule has 1 aromatic carbocycles. The summed E-state index contributed by atoms with van der Waals surface area (Å²) < 4.78 is 11.1. The first kappa shape index (κ1) is 17.4. The second kappa shape index (κ2) is 9.28. The molecule has 1 aliphatic heterocycles. The summed E-state index contributed by atoms with van der Waals surface area (Å²) in [5.41, 5.74) is 6.13. The molecule has 0 aliphatic carbocycles. The van der Waals surface area contributed by atoms with Crippen LogP contribution in [0.1, 0.15) is 32.6 Å². The van der Waals surface area contributed by atoms with Crippen molar-refractivity contribution in [1.82, 2.24) is 4.90 Å². The zero-order valence-corrected chi connectivity index (χ0v) is 14.3. The molecule has 1 fully saturated rings. The van der Waals surface area contributed by atoms with Crippen molar-refractivity contribution < 1.29 is 9.47 Å². The lowest BCUT2D eigenvalue weighted by Gasteiger charge is -2.21. The predicted octanol–water partition coefficient (Wildman–Crippen LogP) is 2.90. The average Bonchev–Trinajstić information content (AvgIpc) is 2.87. The van der Waals surface area contributed by atoms with E-state index in [2.05, 4.69) is 16.8 Å². The van der Waals surface area contributed by atoms with Crippen molar-refractivity contribution in [3.63, 3.8) is 0 Å². The highest BCUT2D eigenvalue weighted by molar-refractivity contribution is 5.78. The molecule has 5 nitrogen and oxygen atoms in total. The monoisotopic (exact) mass is 319 g/mol. The number of para-hydroxylation sites is 2. The Morgan fingerprint density at radius 1 is 1.17 bits per heavy atom. The Balaban J connectivity index is 1.79. The fourth-order valence-corrected chi connectivity index (χ4v) is 2.67. The van der Waals surface area contributed by atoms with Crippen LogP contribution in [0.25, 0.3) is 0 Å². The molecule has 1 heterocycles. The minimum absolute atomic E-state index is 0.297. The molecule has 5 heteroatoms. The molecule has 2 N–H and O–H groups in total. The van der Waals surface area contributed by atoms with Gasteiger partial charge >= 0.3 is 0 Å². The molecule has 1 saturated heterocycles. The highest BCUT2D eigenvalue weighted by Gasteiger charge is 2.12. The minimum Gasteiger partial charge on any atom is -0.493 e. The maximum absolute atomic E-state index is 6.13. The van der Waals surface area contributed by atoms with E-state index in [0.717, 1.165) is 24.6 Å². The van der Waals surface area contributed by atoms with Gasteiger partial charge in [-0.25, -0.2) is 0 Å². The van der Waals surface area contributed by atoms with Crippen LogP contribution in [0, 0.1) is 5.92 Å². The third-order valence-corrected chi connectivity index (χ3v) is 4.09. The van der Waals surface area contributed by atoms with Crippen LogP contribution in [-0.2, 0) is 0 Å². The molecular formula is C18H29N3O2. The molecule has 1 unspecified atom stereocenters. The van der Waals surface area contributed by atoms with Gasteiger partial charge in [-0.1, -0.05) is 31.9 Å². The van der Waals surface area contributed by atoms with E-state index in [1.165, 1.54) is 25.7 Å². The second-order valence-electron chi connectivity index (χ2n) is 6.17. The Labute approximate surface area is 139 Å². The first-order valence-corrected chi connectivity index (χ1v) is 8.51. The summed E-state index contributed by atoms with van der Waals surface area (Å²) in [5.74, 6) is 2.50. The molecule has 0 saturated carbocycles. The summed E-state index contributed by atoms with van der Waals surface area (Å²) >= 11 is 0. The number of rotatable bonds is 6. The summed E-state index contributed by atoms with van der Waals surface area (Å²) in [6, 6.07) is 7.69. The van der Waals surface area contributed by atoms with Gasteiger partial charge in [-0.05, 0) is 25.0 Å².